The first-order valence-electron chi connectivity index (χ1n) is 5.86. The molecule has 2 aromatic heterocycles. The molecule has 0 aromatic carbocycles. The van der Waals surface area contributed by atoms with Crippen LogP contribution >= 0.6 is 0 Å². The molecular weight excluding hydrogens is 262 g/mol. The molecule has 1 amide bonds. The van der Waals surface area contributed by atoms with Crippen LogP contribution < -0.4 is 10.9 Å². The maximum absolute atomic E-state index is 11.8. The van der Waals surface area contributed by atoms with Gasteiger partial charge in [-0.25, -0.2) is 9.78 Å². The van der Waals surface area contributed by atoms with Crippen molar-refractivity contribution in [3.8, 4) is 0 Å². The molecular formula is C12H13N5O3. The van der Waals surface area contributed by atoms with E-state index in [4.69, 9.17) is 0 Å². The van der Waals surface area contributed by atoms with Gasteiger partial charge in [-0.3, -0.25) is 19.5 Å². The van der Waals surface area contributed by atoms with E-state index >= 15 is 0 Å². The number of carbonyl (C=O) groups is 2. The molecule has 0 bridgehead atoms. The number of anilines is 1. The van der Waals surface area contributed by atoms with Gasteiger partial charge in [-0.2, -0.15) is 4.98 Å². The first-order valence-corrected chi connectivity index (χ1v) is 5.86. The molecule has 20 heavy (non-hydrogen) atoms. The molecule has 2 aromatic rings. The summed E-state index contributed by atoms with van der Waals surface area (Å²) in [5, 5.41) is 2.44. The first-order chi connectivity index (χ1) is 9.47. The zero-order valence-electron chi connectivity index (χ0n) is 11.0. The van der Waals surface area contributed by atoms with Crippen molar-refractivity contribution >= 4 is 17.8 Å². The van der Waals surface area contributed by atoms with E-state index in [1.807, 2.05) is 0 Å². The zero-order valence-corrected chi connectivity index (χ0v) is 11.0. The molecule has 0 fully saturated rings. The number of ketones is 1. The topological polar surface area (TPSA) is 110 Å². The molecule has 0 spiro atoms. The number of rotatable bonds is 3. The third-order valence-corrected chi connectivity index (χ3v) is 2.62. The Morgan fingerprint density at radius 3 is 2.75 bits per heavy atom. The zero-order chi connectivity index (χ0) is 14.7. The van der Waals surface area contributed by atoms with E-state index < -0.39 is 11.6 Å². The molecule has 0 atom stereocenters. The lowest BCUT2D eigenvalue weighted by Crippen LogP contribution is -2.25. The molecule has 8 heteroatoms. The third kappa shape index (κ3) is 2.97. The Hall–Kier alpha value is -2.77. The lowest BCUT2D eigenvalue weighted by atomic mass is 10.1. The van der Waals surface area contributed by atoms with Gasteiger partial charge in [0.05, 0.1) is 0 Å². The number of Topliss-reactive ketones (excluding diaryl/α,β-unsaturated/α-hetero) is 1. The summed E-state index contributed by atoms with van der Waals surface area (Å²) in [6.07, 6.45) is 4.26. The highest BCUT2D eigenvalue weighted by atomic mass is 16.2. The van der Waals surface area contributed by atoms with Crippen molar-refractivity contribution in [2.24, 2.45) is 0 Å². The SMILES string of the molecule is CC(=O)Cc1c(C)[nH]c(NC(=O)n2ccnc2)nc1=O. The van der Waals surface area contributed by atoms with Crippen LogP contribution in [0.15, 0.2) is 23.5 Å². The largest absolute Gasteiger partial charge is 0.333 e. The molecule has 0 saturated carbocycles. The quantitative estimate of drug-likeness (QED) is 0.846. The fraction of sp³-hybridized carbons (Fsp3) is 0.250. The second kappa shape index (κ2) is 5.47. The average Bonchev–Trinajstić information content (AvgIpc) is 2.87. The smallest absolute Gasteiger partial charge is 0.329 e. The van der Waals surface area contributed by atoms with Crippen LogP contribution in [0.3, 0.4) is 0 Å². The Morgan fingerprint density at radius 1 is 1.45 bits per heavy atom. The Bertz CT molecular complexity index is 702. The number of nitrogens with one attached hydrogen (secondary N) is 2. The van der Waals surface area contributed by atoms with Crippen LogP contribution in [0.4, 0.5) is 10.7 Å². The number of H-pyrrole nitrogens is 1. The lowest BCUT2D eigenvalue weighted by Gasteiger charge is -2.07. The van der Waals surface area contributed by atoms with Crippen LogP contribution in [0.5, 0.6) is 0 Å². The van der Waals surface area contributed by atoms with Crippen LogP contribution in [0, 0.1) is 6.92 Å². The van der Waals surface area contributed by atoms with Crippen molar-refractivity contribution in [2.45, 2.75) is 20.3 Å². The van der Waals surface area contributed by atoms with Crippen molar-refractivity contribution in [3.63, 3.8) is 0 Å². The summed E-state index contributed by atoms with van der Waals surface area (Å²) in [6.45, 7) is 3.04. The van der Waals surface area contributed by atoms with Gasteiger partial charge in [0.1, 0.15) is 12.1 Å². The lowest BCUT2D eigenvalue weighted by molar-refractivity contribution is -0.116. The minimum absolute atomic E-state index is 0.0178. The highest BCUT2D eigenvalue weighted by Crippen LogP contribution is 2.04. The van der Waals surface area contributed by atoms with Crippen LogP contribution in [-0.2, 0) is 11.2 Å². The molecule has 2 rings (SSSR count). The molecule has 0 unspecified atom stereocenters. The number of aromatic amines is 1. The predicted molar refractivity (Wildman–Crippen MR) is 70.6 cm³/mol. The summed E-state index contributed by atoms with van der Waals surface area (Å²) in [5.41, 5.74) is 0.275. The van der Waals surface area contributed by atoms with Crippen molar-refractivity contribution in [1.29, 1.82) is 0 Å². The van der Waals surface area contributed by atoms with Gasteiger partial charge in [0.2, 0.25) is 5.95 Å². The minimum atomic E-state index is -0.530. The van der Waals surface area contributed by atoms with Gasteiger partial charge in [0, 0.05) is 30.1 Å². The molecule has 0 aliphatic heterocycles. The van der Waals surface area contributed by atoms with Gasteiger partial charge in [0.15, 0.2) is 0 Å². The average molecular weight is 275 g/mol. The van der Waals surface area contributed by atoms with E-state index in [2.05, 4.69) is 20.3 Å². The van der Waals surface area contributed by atoms with E-state index in [1.54, 1.807) is 6.92 Å². The van der Waals surface area contributed by atoms with Crippen LogP contribution in [-0.4, -0.2) is 31.3 Å². The number of imidazole rings is 1. The summed E-state index contributed by atoms with van der Waals surface area (Å²) >= 11 is 0. The summed E-state index contributed by atoms with van der Waals surface area (Å²) in [6, 6.07) is -0.496. The normalized spacial score (nSPS) is 10.3. The molecule has 0 radical (unpaired) electrons. The van der Waals surface area contributed by atoms with E-state index in [0.717, 1.165) is 0 Å². The number of hydrogen-bond acceptors (Lipinski definition) is 5. The Morgan fingerprint density at radius 2 is 2.20 bits per heavy atom. The second-order valence-electron chi connectivity index (χ2n) is 4.27. The van der Waals surface area contributed by atoms with Crippen molar-refractivity contribution in [1.82, 2.24) is 19.5 Å². The predicted octanol–water partition coefficient (Wildman–Crippen LogP) is 0.487. The van der Waals surface area contributed by atoms with E-state index in [9.17, 15) is 14.4 Å². The molecule has 0 saturated heterocycles. The first kappa shape index (κ1) is 13.7. The van der Waals surface area contributed by atoms with Gasteiger partial charge in [0.25, 0.3) is 5.56 Å². The Balaban J connectivity index is 2.25. The summed E-state index contributed by atoms with van der Waals surface area (Å²) in [5.74, 6) is -0.103. The molecule has 8 nitrogen and oxygen atoms in total. The maximum Gasteiger partial charge on any atom is 0.333 e. The van der Waals surface area contributed by atoms with Crippen molar-refractivity contribution in [2.75, 3.05) is 5.32 Å². The van der Waals surface area contributed by atoms with Crippen LogP contribution in [0.2, 0.25) is 0 Å². The molecule has 2 heterocycles. The second-order valence-corrected chi connectivity index (χ2v) is 4.27. The molecule has 0 aliphatic carbocycles. The third-order valence-electron chi connectivity index (χ3n) is 2.62. The number of carbonyl (C=O) groups excluding carboxylic acids is 2. The molecule has 104 valence electrons. The van der Waals surface area contributed by atoms with Gasteiger partial charge in [-0.05, 0) is 13.8 Å². The fourth-order valence-corrected chi connectivity index (χ4v) is 1.67. The van der Waals surface area contributed by atoms with Gasteiger partial charge in [-0.1, -0.05) is 0 Å². The summed E-state index contributed by atoms with van der Waals surface area (Å²) < 4.78 is 1.21. The van der Waals surface area contributed by atoms with E-state index in [-0.39, 0.29) is 18.2 Å². The van der Waals surface area contributed by atoms with Crippen molar-refractivity contribution in [3.05, 3.63) is 40.3 Å². The monoisotopic (exact) mass is 275 g/mol. The molecule has 0 aliphatic rings. The van der Waals surface area contributed by atoms with Crippen LogP contribution in [0.1, 0.15) is 18.2 Å². The fourth-order valence-electron chi connectivity index (χ4n) is 1.67. The van der Waals surface area contributed by atoms with Gasteiger partial charge < -0.3 is 4.98 Å². The number of aryl methyl sites for hydroxylation is 1. The summed E-state index contributed by atoms with van der Waals surface area (Å²) in [7, 11) is 0. The number of hydrogen-bond donors (Lipinski definition) is 2. The number of aromatic nitrogens is 4. The number of amides is 1. The van der Waals surface area contributed by atoms with Crippen molar-refractivity contribution < 1.29 is 9.59 Å². The highest BCUT2D eigenvalue weighted by molar-refractivity contribution is 5.89. The summed E-state index contributed by atoms with van der Waals surface area (Å²) in [4.78, 5) is 44.9. The van der Waals surface area contributed by atoms with Crippen LogP contribution in [0.25, 0.3) is 0 Å². The van der Waals surface area contributed by atoms with E-state index in [1.165, 1.54) is 30.2 Å². The highest BCUT2D eigenvalue weighted by Gasteiger charge is 2.12. The van der Waals surface area contributed by atoms with E-state index in [0.29, 0.717) is 11.3 Å². The minimum Gasteiger partial charge on any atom is -0.329 e. The van der Waals surface area contributed by atoms with Gasteiger partial charge >= 0.3 is 6.03 Å². The number of nitrogens with zero attached hydrogens (tertiary/aromatic N) is 3. The molecule has 2 N–H and O–H groups in total. The van der Waals surface area contributed by atoms with Gasteiger partial charge in [-0.15, -0.1) is 0 Å². The maximum atomic E-state index is 11.8. The Kier molecular flexibility index (Phi) is 3.74. The standard InChI is InChI=1S/C12H13N5O3/c1-7(18)5-9-8(2)14-11(15-10(9)19)16-12(20)17-4-3-13-6-17/h3-4,6H,5H2,1-2H3,(H2,14,15,16,19,20). The Labute approximate surface area is 113 Å².